The second-order valence-corrected chi connectivity index (χ2v) is 5.64. The standard InChI is InChI=1S/C16H17Cl2NO/c1-11(2)20-14-5-3-4-12(8-14)10-19-16-9-13(17)6-7-15(16)18/h3-9,11,19H,10H2,1-2H3. The van der Waals surface area contributed by atoms with Crippen LogP contribution in [0.25, 0.3) is 0 Å². The Morgan fingerprint density at radius 2 is 1.90 bits per heavy atom. The Hall–Kier alpha value is -1.38. The van der Waals surface area contributed by atoms with Crippen LogP contribution in [0.2, 0.25) is 10.0 Å². The summed E-state index contributed by atoms with van der Waals surface area (Å²) in [6, 6.07) is 13.4. The zero-order valence-electron chi connectivity index (χ0n) is 11.5. The van der Waals surface area contributed by atoms with Crippen molar-refractivity contribution in [2.75, 3.05) is 5.32 Å². The quantitative estimate of drug-likeness (QED) is 0.799. The van der Waals surface area contributed by atoms with Crippen LogP contribution in [0.5, 0.6) is 5.75 Å². The summed E-state index contributed by atoms with van der Waals surface area (Å²) in [4.78, 5) is 0. The molecular weight excluding hydrogens is 293 g/mol. The number of ether oxygens (including phenoxy) is 1. The van der Waals surface area contributed by atoms with Crippen molar-refractivity contribution in [3.8, 4) is 5.75 Å². The molecule has 2 nitrogen and oxygen atoms in total. The number of halogens is 2. The van der Waals surface area contributed by atoms with Gasteiger partial charge in [0.25, 0.3) is 0 Å². The SMILES string of the molecule is CC(C)Oc1cccc(CNc2cc(Cl)ccc2Cl)c1. The highest BCUT2D eigenvalue weighted by Crippen LogP contribution is 2.26. The van der Waals surface area contributed by atoms with E-state index in [9.17, 15) is 0 Å². The van der Waals surface area contributed by atoms with Gasteiger partial charge in [-0.1, -0.05) is 35.3 Å². The molecule has 0 atom stereocenters. The molecule has 0 amide bonds. The molecule has 0 radical (unpaired) electrons. The fourth-order valence-electron chi connectivity index (χ4n) is 1.83. The number of benzene rings is 2. The third-order valence-corrected chi connectivity index (χ3v) is 3.25. The highest BCUT2D eigenvalue weighted by molar-refractivity contribution is 6.35. The minimum absolute atomic E-state index is 0.167. The van der Waals surface area contributed by atoms with E-state index in [2.05, 4.69) is 5.32 Å². The average Bonchev–Trinajstić information content (AvgIpc) is 2.39. The Balaban J connectivity index is 2.05. The van der Waals surface area contributed by atoms with E-state index in [0.717, 1.165) is 17.0 Å². The fourth-order valence-corrected chi connectivity index (χ4v) is 2.19. The number of hydrogen-bond acceptors (Lipinski definition) is 2. The molecule has 0 aliphatic rings. The largest absolute Gasteiger partial charge is 0.491 e. The van der Waals surface area contributed by atoms with Gasteiger partial charge < -0.3 is 10.1 Å². The van der Waals surface area contributed by atoms with E-state index in [1.54, 1.807) is 12.1 Å². The van der Waals surface area contributed by atoms with Gasteiger partial charge in [-0.25, -0.2) is 0 Å². The highest BCUT2D eigenvalue weighted by Gasteiger charge is 2.03. The second-order valence-electron chi connectivity index (χ2n) is 4.79. The Morgan fingerprint density at radius 3 is 2.65 bits per heavy atom. The minimum atomic E-state index is 0.167. The Morgan fingerprint density at radius 1 is 1.10 bits per heavy atom. The number of nitrogens with one attached hydrogen (secondary N) is 1. The predicted molar refractivity (Wildman–Crippen MR) is 86.0 cm³/mol. The normalized spacial score (nSPS) is 10.7. The molecule has 0 aromatic heterocycles. The third kappa shape index (κ3) is 4.32. The molecule has 0 saturated heterocycles. The summed E-state index contributed by atoms with van der Waals surface area (Å²) in [5.74, 6) is 0.872. The van der Waals surface area contributed by atoms with Crippen LogP contribution in [0.3, 0.4) is 0 Å². The molecule has 0 unspecified atom stereocenters. The maximum atomic E-state index is 6.12. The van der Waals surface area contributed by atoms with Gasteiger partial charge in [0.1, 0.15) is 5.75 Å². The summed E-state index contributed by atoms with van der Waals surface area (Å²) in [7, 11) is 0. The summed E-state index contributed by atoms with van der Waals surface area (Å²) in [5.41, 5.74) is 1.95. The molecule has 1 N–H and O–H groups in total. The van der Waals surface area contributed by atoms with Gasteiger partial charge in [-0.05, 0) is 49.7 Å². The molecule has 0 aliphatic heterocycles. The first-order chi connectivity index (χ1) is 9.54. The van der Waals surface area contributed by atoms with Gasteiger partial charge in [-0.2, -0.15) is 0 Å². The highest BCUT2D eigenvalue weighted by atomic mass is 35.5. The van der Waals surface area contributed by atoms with Crippen molar-refractivity contribution in [1.29, 1.82) is 0 Å². The molecule has 4 heteroatoms. The number of hydrogen-bond donors (Lipinski definition) is 1. The van der Waals surface area contributed by atoms with Gasteiger partial charge in [0.05, 0.1) is 16.8 Å². The van der Waals surface area contributed by atoms with Crippen LogP contribution >= 0.6 is 23.2 Å². The van der Waals surface area contributed by atoms with E-state index >= 15 is 0 Å². The lowest BCUT2D eigenvalue weighted by molar-refractivity contribution is 0.242. The molecule has 2 aromatic rings. The van der Waals surface area contributed by atoms with Gasteiger partial charge in [0.2, 0.25) is 0 Å². The van der Waals surface area contributed by atoms with Crippen LogP contribution in [0.4, 0.5) is 5.69 Å². The summed E-state index contributed by atoms with van der Waals surface area (Å²) in [6.07, 6.45) is 0.167. The van der Waals surface area contributed by atoms with Crippen LogP contribution in [-0.2, 0) is 6.54 Å². The molecule has 0 fully saturated rings. The number of rotatable bonds is 5. The zero-order valence-corrected chi connectivity index (χ0v) is 13.0. The monoisotopic (exact) mass is 309 g/mol. The first-order valence-corrected chi connectivity index (χ1v) is 7.24. The molecule has 0 saturated carbocycles. The van der Waals surface area contributed by atoms with E-state index < -0.39 is 0 Å². The molecule has 0 bridgehead atoms. The minimum Gasteiger partial charge on any atom is -0.491 e. The lowest BCUT2D eigenvalue weighted by atomic mass is 10.2. The van der Waals surface area contributed by atoms with Crippen molar-refractivity contribution in [1.82, 2.24) is 0 Å². The fraction of sp³-hybridized carbons (Fsp3) is 0.250. The predicted octanol–water partition coefficient (Wildman–Crippen LogP) is 5.39. The van der Waals surface area contributed by atoms with E-state index in [-0.39, 0.29) is 6.10 Å². The lowest BCUT2D eigenvalue weighted by Crippen LogP contribution is -2.06. The third-order valence-electron chi connectivity index (χ3n) is 2.68. The van der Waals surface area contributed by atoms with Crippen LogP contribution < -0.4 is 10.1 Å². The van der Waals surface area contributed by atoms with Gasteiger partial charge in [0, 0.05) is 11.6 Å². The molecule has 2 aromatic carbocycles. The molecule has 20 heavy (non-hydrogen) atoms. The summed E-state index contributed by atoms with van der Waals surface area (Å²) >= 11 is 12.1. The first kappa shape index (κ1) is 15.0. The summed E-state index contributed by atoms with van der Waals surface area (Å²) in [5, 5.41) is 4.60. The molecule has 2 rings (SSSR count). The van der Waals surface area contributed by atoms with Crippen molar-refractivity contribution in [2.45, 2.75) is 26.5 Å². The topological polar surface area (TPSA) is 21.3 Å². The average molecular weight is 310 g/mol. The zero-order chi connectivity index (χ0) is 14.5. The number of anilines is 1. The molecule has 0 heterocycles. The smallest absolute Gasteiger partial charge is 0.120 e. The van der Waals surface area contributed by atoms with E-state index in [0.29, 0.717) is 16.6 Å². The summed E-state index contributed by atoms with van der Waals surface area (Å²) in [6.45, 7) is 4.68. The van der Waals surface area contributed by atoms with Crippen molar-refractivity contribution in [3.63, 3.8) is 0 Å². The maximum Gasteiger partial charge on any atom is 0.120 e. The van der Waals surface area contributed by atoms with Crippen LogP contribution in [-0.4, -0.2) is 6.10 Å². The molecular formula is C16H17Cl2NO. The van der Waals surface area contributed by atoms with Gasteiger partial charge in [0.15, 0.2) is 0 Å². The molecule has 0 aliphatic carbocycles. The summed E-state index contributed by atoms with van der Waals surface area (Å²) < 4.78 is 5.67. The van der Waals surface area contributed by atoms with Crippen molar-refractivity contribution >= 4 is 28.9 Å². The Kier molecular flexibility index (Phi) is 5.16. The van der Waals surface area contributed by atoms with Crippen LogP contribution in [0.1, 0.15) is 19.4 Å². The first-order valence-electron chi connectivity index (χ1n) is 6.49. The van der Waals surface area contributed by atoms with Gasteiger partial charge in [-0.3, -0.25) is 0 Å². The lowest BCUT2D eigenvalue weighted by Gasteiger charge is -2.12. The second kappa shape index (κ2) is 6.87. The van der Waals surface area contributed by atoms with Crippen molar-refractivity contribution < 1.29 is 4.74 Å². The van der Waals surface area contributed by atoms with Crippen LogP contribution in [0, 0.1) is 0 Å². The molecule has 106 valence electrons. The van der Waals surface area contributed by atoms with E-state index in [4.69, 9.17) is 27.9 Å². The van der Waals surface area contributed by atoms with Crippen molar-refractivity contribution in [3.05, 3.63) is 58.1 Å². The Labute approximate surface area is 129 Å². The van der Waals surface area contributed by atoms with Gasteiger partial charge in [-0.15, -0.1) is 0 Å². The van der Waals surface area contributed by atoms with E-state index in [1.807, 2.05) is 44.2 Å². The van der Waals surface area contributed by atoms with Crippen molar-refractivity contribution in [2.24, 2.45) is 0 Å². The van der Waals surface area contributed by atoms with Crippen LogP contribution in [0.15, 0.2) is 42.5 Å². The van der Waals surface area contributed by atoms with Gasteiger partial charge >= 0.3 is 0 Å². The molecule has 0 spiro atoms. The Bertz CT molecular complexity index is 584. The van der Waals surface area contributed by atoms with E-state index in [1.165, 1.54) is 0 Å². The maximum absolute atomic E-state index is 6.12.